The molecule has 1 aromatic heterocycles. The molecular formula is C13H11ClF3NOS. The van der Waals surface area contributed by atoms with Crippen LogP contribution < -0.4 is 10.5 Å². The van der Waals surface area contributed by atoms with Gasteiger partial charge in [0.15, 0.2) is 0 Å². The lowest BCUT2D eigenvalue weighted by atomic mass is 10.1. The molecule has 0 saturated carbocycles. The molecule has 1 atom stereocenters. The van der Waals surface area contributed by atoms with E-state index in [0.717, 1.165) is 10.4 Å². The van der Waals surface area contributed by atoms with Gasteiger partial charge >= 0.3 is 6.36 Å². The Morgan fingerprint density at radius 3 is 2.35 bits per heavy atom. The lowest BCUT2D eigenvalue weighted by Gasteiger charge is -2.12. The van der Waals surface area contributed by atoms with E-state index in [9.17, 15) is 13.2 Å². The smallest absolute Gasteiger partial charge is 0.406 e. The third kappa shape index (κ3) is 4.13. The molecule has 20 heavy (non-hydrogen) atoms. The van der Waals surface area contributed by atoms with E-state index in [2.05, 4.69) is 4.74 Å². The summed E-state index contributed by atoms with van der Waals surface area (Å²) in [5.74, 6) is -0.246. The molecule has 0 bridgehead atoms. The molecule has 2 nitrogen and oxygen atoms in total. The van der Waals surface area contributed by atoms with Gasteiger partial charge in [0.05, 0.1) is 5.02 Å². The Morgan fingerprint density at radius 2 is 1.85 bits per heavy atom. The third-order valence-corrected chi connectivity index (χ3v) is 4.08. The number of ether oxygens (including phenoxy) is 1. The van der Waals surface area contributed by atoms with E-state index < -0.39 is 6.36 Å². The number of benzene rings is 1. The molecule has 2 N–H and O–H groups in total. The molecule has 0 aliphatic rings. The lowest BCUT2D eigenvalue weighted by molar-refractivity contribution is -0.274. The van der Waals surface area contributed by atoms with Crippen molar-refractivity contribution < 1.29 is 17.9 Å². The van der Waals surface area contributed by atoms with E-state index in [1.165, 1.54) is 23.5 Å². The van der Waals surface area contributed by atoms with Crippen molar-refractivity contribution in [2.45, 2.75) is 18.8 Å². The van der Waals surface area contributed by atoms with Crippen LogP contribution in [0.2, 0.25) is 5.02 Å². The standard InChI is InChI=1S/C13H11ClF3NOS/c14-10-5-6-20-12(10)11(18)7-8-1-3-9(4-2-8)19-13(15,16)17/h1-6,11H,7,18H2. The first kappa shape index (κ1) is 15.2. The molecule has 2 aromatic rings. The normalized spacial score (nSPS) is 13.2. The van der Waals surface area contributed by atoms with Gasteiger partial charge in [-0.15, -0.1) is 24.5 Å². The Bertz CT molecular complexity index is 568. The maximum Gasteiger partial charge on any atom is 0.573 e. The van der Waals surface area contributed by atoms with Crippen LogP contribution in [-0.4, -0.2) is 6.36 Å². The second-order valence-electron chi connectivity index (χ2n) is 4.14. The van der Waals surface area contributed by atoms with E-state index >= 15 is 0 Å². The van der Waals surface area contributed by atoms with Crippen LogP contribution in [-0.2, 0) is 6.42 Å². The average Bonchev–Trinajstić information content (AvgIpc) is 2.76. The van der Waals surface area contributed by atoms with Crippen LogP contribution in [0.3, 0.4) is 0 Å². The van der Waals surface area contributed by atoms with E-state index in [0.29, 0.717) is 11.4 Å². The molecule has 2 rings (SSSR count). The quantitative estimate of drug-likeness (QED) is 0.897. The number of hydrogen-bond acceptors (Lipinski definition) is 3. The molecule has 0 amide bonds. The van der Waals surface area contributed by atoms with E-state index in [1.807, 2.05) is 5.38 Å². The van der Waals surface area contributed by atoms with Gasteiger partial charge in [0.2, 0.25) is 0 Å². The van der Waals surface area contributed by atoms with Gasteiger partial charge in [0.1, 0.15) is 5.75 Å². The van der Waals surface area contributed by atoms with Gasteiger partial charge < -0.3 is 10.5 Å². The number of halogens is 4. The first-order valence-corrected chi connectivity index (χ1v) is 6.94. The van der Waals surface area contributed by atoms with Crippen LogP contribution in [0, 0.1) is 0 Å². The molecule has 0 aliphatic heterocycles. The molecule has 0 spiro atoms. The van der Waals surface area contributed by atoms with Crippen LogP contribution >= 0.6 is 22.9 Å². The summed E-state index contributed by atoms with van der Waals surface area (Å²) in [6, 6.07) is 7.14. The van der Waals surface area contributed by atoms with Gasteiger partial charge in [0.25, 0.3) is 0 Å². The number of thiophene rings is 1. The first-order valence-electron chi connectivity index (χ1n) is 5.68. The molecule has 7 heteroatoms. The van der Waals surface area contributed by atoms with Gasteiger partial charge in [0, 0.05) is 10.9 Å². The topological polar surface area (TPSA) is 35.2 Å². The van der Waals surface area contributed by atoms with Gasteiger partial charge in [-0.25, -0.2) is 0 Å². The summed E-state index contributed by atoms with van der Waals surface area (Å²) in [6.07, 6.45) is -4.19. The summed E-state index contributed by atoms with van der Waals surface area (Å²) in [4.78, 5) is 0.863. The summed E-state index contributed by atoms with van der Waals surface area (Å²) in [6.45, 7) is 0. The molecular weight excluding hydrogens is 311 g/mol. The van der Waals surface area contributed by atoms with Gasteiger partial charge in [-0.2, -0.15) is 0 Å². The average molecular weight is 322 g/mol. The zero-order valence-electron chi connectivity index (χ0n) is 10.2. The summed E-state index contributed by atoms with van der Waals surface area (Å²) in [5, 5.41) is 2.46. The van der Waals surface area contributed by atoms with Crippen LogP contribution in [0.25, 0.3) is 0 Å². The Balaban J connectivity index is 2.02. The van der Waals surface area contributed by atoms with Crippen molar-refractivity contribution in [1.82, 2.24) is 0 Å². The molecule has 1 heterocycles. The molecule has 1 aromatic carbocycles. The van der Waals surface area contributed by atoms with E-state index in [-0.39, 0.29) is 11.8 Å². The summed E-state index contributed by atoms with van der Waals surface area (Å²) < 4.78 is 39.9. The minimum Gasteiger partial charge on any atom is -0.406 e. The van der Waals surface area contributed by atoms with Crippen LogP contribution in [0.1, 0.15) is 16.5 Å². The largest absolute Gasteiger partial charge is 0.573 e. The maximum atomic E-state index is 12.0. The highest BCUT2D eigenvalue weighted by molar-refractivity contribution is 7.10. The van der Waals surface area contributed by atoms with Crippen LogP contribution in [0.4, 0.5) is 13.2 Å². The Hall–Kier alpha value is -1.24. The monoisotopic (exact) mass is 321 g/mol. The minimum absolute atomic E-state index is 0.246. The highest BCUT2D eigenvalue weighted by Crippen LogP contribution is 2.30. The fraction of sp³-hybridized carbons (Fsp3) is 0.231. The van der Waals surface area contributed by atoms with Crippen molar-refractivity contribution in [1.29, 1.82) is 0 Å². The highest BCUT2D eigenvalue weighted by Gasteiger charge is 2.30. The van der Waals surface area contributed by atoms with Crippen molar-refractivity contribution in [2.75, 3.05) is 0 Å². The molecule has 0 fully saturated rings. The molecule has 0 saturated heterocycles. The van der Waals surface area contributed by atoms with Gasteiger partial charge in [-0.05, 0) is 35.6 Å². The van der Waals surface area contributed by atoms with Crippen molar-refractivity contribution in [2.24, 2.45) is 5.73 Å². The number of rotatable bonds is 4. The summed E-state index contributed by atoms with van der Waals surface area (Å²) in [7, 11) is 0. The predicted octanol–water partition coefficient (Wildman–Crippen LogP) is 4.54. The molecule has 0 aliphatic carbocycles. The third-order valence-electron chi connectivity index (χ3n) is 2.59. The maximum absolute atomic E-state index is 12.0. The zero-order chi connectivity index (χ0) is 14.8. The van der Waals surface area contributed by atoms with Crippen molar-refractivity contribution in [3.05, 3.63) is 51.2 Å². The fourth-order valence-electron chi connectivity index (χ4n) is 1.74. The minimum atomic E-state index is -4.68. The summed E-state index contributed by atoms with van der Waals surface area (Å²) in [5.41, 5.74) is 6.84. The Kier molecular flexibility index (Phi) is 4.57. The van der Waals surface area contributed by atoms with E-state index in [4.69, 9.17) is 17.3 Å². The molecule has 108 valence electrons. The fourth-order valence-corrected chi connectivity index (χ4v) is 2.94. The Labute approximate surface area is 122 Å². The van der Waals surface area contributed by atoms with Gasteiger partial charge in [-0.3, -0.25) is 0 Å². The lowest BCUT2D eigenvalue weighted by Crippen LogP contribution is -2.17. The Morgan fingerprint density at radius 1 is 1.20 bits per heavy atom. The van der Waals surface area contributed by atoms with Crippen LogP contribution in [0.5, 0.6) is 5.75 Å². The van der Waals surface area contributed by atoms with Crippen molar-refractivity contribution >= 4 is 22.9 Å². The van der Waals surface area contributed by atoms with Crippen molar-refractivity contribution in [3.8, 4) is 5.75 Å². The van der Waals surface area contributed by atoms with Crippen LogP contribution in [0.15, 0.2) is 35.7 Å². The molecule has 1 unspecified atom stereocenters. The first-order chi connectivity index (χ1) is 9.35. The predicted molar refractivity (Wildman–Crippen MR) is 73.1 cm³/mol. The number of hydrogen-bond donors (Lipinski definition) is 1. The SMILES string of the molecule is NC(Cc1ccc(OC(F)(F)F)cc1)c1sccc1Cl. The summed E-state index contributed by atoms with van der Waals surface area (Å²) >= 11 is 7.44. The van der Waals surface area contributed by atoms with Gasteiger partial charge in [-0.1, -0.05) is 23.7 Å². The molecule has 0 radical (unpaired) electrons. The second kappa shape index (κ2) is 6.03. The zero-order valence-corrected chi connectivity index (χ0v) is 11.7. The van der Waals surface area contributed by atoms with E-state index in [1.54, 1.807) is 18.2 Å². The number of nitrogens with two attached hydrogens (primary N) is 1. The van der Waals surface area contributed by atoms with Crippen molar-refractivity contribution in [3.63, 3.8) is 0 Å². The second-order valence-corrected chi connectivity index (χ2v) is 5.49. The highest BCUT2D eigenvalue weighted by atomic mass is 35.5. The number of alkyl halides is 3.